The van der Waals surface area contributed by atoms with Gasteiger partial charge in [-0.1, -0.05) is 60.7 Å². The summed E-state index contributed by atoms with van der Waals surface area (Å²) in [6.07, 6.45) is 0. The van der Waals surface area contributed by atoms with Gasteiger partial charge < -0.3 is 5.73 Å². The molecule has 0 spiro atoms. The number of rotatable bonds is 2. The Kier molecular flexibility index (Phi) is 3.54. The number of carbonyl (C=O) groups excluding carboxylic acids is 1. The highest BCUT2D eigenvalue weighted by Gasteiger charge is 2.19. The predicted octanol–water partition coefficient (Wildman–Crippen LogP) is 3.68. The summed E-state index contributed by atoms with van der Waals surface area (Å²) in [6.45, 7) is 1.97. The van der Waals surface area contributed by atoms with Gasteiger partial charge in [-0.05, 0) is 29.3 Å². The van der Waals surface area contributed by atoms with E-state index in [2.05, 4.69) is 10.1 Å². The first-order valence-corrected chi connectivity index (χ1v) is 7.96. The molecule has 4 aromatic rings. The topological polar surface area (TPSA) is 73.8 Å². The third-order valence-electron chi connectivity index (χ3n) is 4.23. The van der Waals surface area contributed by atoms with Crippen LogP contribution < -0.4 is 5.73 Å². The van der Waals surface area contributed by atoms with E-state index in [1.807, 2.05) is 67.6 Å². The number of aryl methyl sites for hydroxylation is 1. The molecule has 0 aliphatic rings. The molecule has 0 atom stereocenters. The standard InChI is InChI=1S/C20H16N4O/c1-13-7-2-4-10-15(13)18-22-20(21)24(23-18)19(25)17-12-6-9-14-8-3-5-11-16(14)17/h2-12H,1H3,(H2,21,22,23). The molecule has 2 N–H and O–H groups in total. The van der Waals surface area contributed by atoms with E-state index >= 15 is 0 Å². The van der Waals surface area contributed by atoms with Crippen molar-refractivity contribution in [1.82, 2.24) is 14.8 Å². The van der Waals surface area contributed by atoms with Crippen LogP contribution in [0.5, 0.6) is 0 Å². The summed E-state index contributed by atoms with van der Waals surface area (Å²) >= 11 is 0. The molecule has 0 saturated carbocycles. The SMILES string of the molecule is Cc1ccccc1-c1nc(N)n(C(=O)c2cccc3ccccc23)n1. The molecule has 0 amide bonds. The van der Waals surface area contributed by atoms with Gasteiger partial charge in [0.25, 0.3) is 5.91 Å². The maximum Gasteiger partial charge on any atom is 0.282 e. The van der Waals surface area contributed by atoms with Crippen LogP contribution in [0.3, 0.4) is 0 Å². The summed E-state index contributed by atoms with van der Waals surface area (Å²) in [5.41, 5.74) is 8.41. The fourth-order valence-corrected chi connectivity index (χ4v) is 2.94. The largest absolute Gasteiger partial charge is 0.368 e. The minimum atomic E-state index is -0.290. The van der Waals surface area contributed by atoms with Gasteiger partial charge in [0.1, 0.15) is 0 Å². The number of fused-ring (bicyclic) bond motifs is 1. The maximum atomic E-state index is 13.0. The van der Waals surface area contributed by atoms with E-state index in [1.165, 1.54) is 4.68 Å². The number of hydrogen-bond donors (Lipinski definition) is 1. The Morgan fingerprint density at radius 1 is 0.960 bits per heavy atom. The van der Waals surface area contributed by atoms with Gasteiger partial charge in [-0.2, -0.15) is 9.67 Å². The van der Waals surface area contributed by atoms with Crippen LogP contribution in [0.15, 0.2) is 66.7 Å². The third kappa shape index (κ3) is 2.55. The van der Waals surface area contributed by atoms with Crippen molar-refractivity contribution in [3.63, 3.8) is 0 Å². The molecule has 0 fully saturated rings. The number of nitrogen functional groups attached to an aromatic ring is 1. The smallest absolute Gasteiger partial charge is 0.282 e. The molecule has 5 nitrogen and oxygen atoms in total. The lowest BCUT2D eigenvalue weighted by Gasteiger charge is -2.06. The van der Waals surface area contributed by atoms with Gasteiger partial charge in [0.2, 0.25) is 5.95 Å². The summed E-state index contributed by atoms with van der Waals surface area (Å²) < 4.78 is 1.17. The summed E-state index contributed by atoms with van der Waals surface area (Å²) in [5.74, 6) is 0.238. The number of nitrogens with two attached hydrogens (primary N) is 1. The van der Waals surface area contributed by atoms with Crippen LogP contribution in [-0.4, -0.2) is 20.7 Å². The molecule has 0 radical (unpaired) electrons. The van der Waals surface area contributed by atoms with E-state index < -0.39 is 0 Å². The molecule has 0 unspecified atom stereocenters. The Morgan fingerprint density at radius 2 is 1.68 bits per heavy atom. The molecule has 25 heavy (non-hydrogen) atoms. The van der Waals surface area contributed by atoms with Crippen LogP contribution in [0.1, 0.15) is 15.9 Å². The van der Waals surface area contributed by atoms with Gasteiger partial charge >= 0.3 is 0 Å². The lowest BCUT2D eigenvalue weighted by atomic mass is 10.0. The van der Waals surface area contributed by atoms with Gasteiger partial charge in [0, 0.05) is 11.1 Å². The first-order valence-electron chi connectivity index (χ1n) is 7.96. The maximum absolute atomic E-state index is 13.0. The zero-order chi connectivity index (χ0) is 17.4. The second-order valence-corrected chi connectivity index (χ2v) is 5.85. The number of carbonyl (C=O) groups is 1. The lowest BCUT2D eigenvalue weighted by Crippen LogP contribution is -2.16. The van der Waals surface area contributed by atoms with E-state index in [4.69, 9.17) is 5.73 Å². The van der Waals surface area contributed by atoms with Crippen LogP contribution in [0, 0.1) is 6.92 Å². The minimum Gasteiger partial charge on any atom is -0.368 e. The van der Waals surface area contributed by atoms with Crippen molar-refractivity contribution < 1.29 is 4.79 Å². The average molecular weight is 328 g/mol. The van der Waals surface area contributed by atoms with Crippen LogP contribution in [0.2, 0.25) is 0 Å². The first kappa shape index (κ1) is 15.1. The normalized spacial score (nSPS) is 10.9. The highest BCUT2D eigenvalue weighted by molar-refractivity contribution is 6.08. The molecule has 3 aromatic carbocycles. The van der Waals surface area contributed by atoms with Crippen molar-refractivity contribution in [2.24, 2.45) is 0 Å². The molecule has 122 valence electrons. The number of nitrogens with zero attached hydrogens (tertiary/aromatic N) is 3. The second-order valence-electron chi connectivity index (χ2n) is 5.85. The molecule has 5 heteroatoms. The number of anilines is 1. The van der Waals surface area contributed by atoms with Gasteiger partial charge in [0.15, 0.2) is 5.82 Å². The van der Waals surface area contributed by atoms with E-state index in [-0.39, 0.29) is 11.9 Å². The Hall–Kier alpha value is -3.47. The summed E-state index contributed by atoms with van der Waals surface area (Å²) in [5, 5.41) is 6.21. The van der Waals surface area contributed by atoms with Crippen LogP contribution >= 0.6 is 0 Å². The average Bonchev–Trinajstić information content (AvgIpc) is 3.02. The molecule has 1 heterocycles. The molecular weight excluding hydrogens is 312 g/mol. The van der Waals surface area contributed by atoms with Crippen molar-refractivity contribution in [2.45, 2.75) is 6.92 Å². The summed E-state index contributed by atoms with van der Waals surface area (Å²) in [4.78, 5) is 17.3. The first-order chi connectivity index (χ1) is 12.1. The third-order valence-corrected chi connectivity index (χ3v) is 4.23. The van der Waals surface area contributed by atoms with Gasteiger partial charge in [-0.3, -0.25) is 4.79 Å². The molecule has 4 rings (SSSR count). The Labute approximate surface area is 144 Å². The van der Waals surface area contributed by atoms with E-state index in [1.54, 1.807) is 6.07 Å². The zero-order valence-electron chi connectivity index (χ0n) is 13.7. The van der Waals surface area contributed by atoms with Crippen LogP contribution in [-0.2, 0) is 0 Å². The predicted molar refractivity (Wildman–Crippen MR) is 98.3 cm³/mol. The number of benzene rings is 3. The Morgan fingerprint density at radius 3 is 2.52 bits per heavy atom. The molecule has 0 aliphatic carbocycles. The lowest BCUT2D eigenvalue weighted by molar-refractivity contribution is 0.0949. The fraction of sp³-hybridized carbons (Fsp3) is 0.0500. The van der Waals surface area contributed by atoms with Gasteiger partial charge in [0.05, 0.1) is 0 Å². The summed E-state index contributed by atoms with van der Waals surface area (Å²) in [7, 11) is 0. The highest BCUT2D eigenvalue weighted by Crippen LogP contribution is 2.23. The van der Waals surface area contributed by atoms with E-state index in [9.17, 15) is 4.79 Å². The Bertz CT molecular complexity index is 1090. The monoisotopic (exact) mass is 328 g/mol. The molecule has 0 saturated heterocycles. The quantitative estimate of drug-likeness (QED) is 0.609. The Balaban J connectivity index is 1.82. The van der Waals surface area contributed by atoms with Crippen molar-refractivity contribution >= 4 is 22.6 Å². The van der Waals surface area contributed by atoms with Crippen LogP contribution in [0.25, 0.3) is 22.2 Å². The van der Waals surface area contributed by atoms with Crippen molar-refractivity contribution in [2.75, 3.05) is 5.73 Å². The van der Waals surface area contributed by atoms with Crippen molar-refractivity contribution in [1.29, 1.82) is 0 Å². The second kappa shape index (κ2) is 5.87. The molecular formula is C20H16N4O. The van der Waals surface area contributed by atoms with E-state index in [0.29, 0.717) is 11.4 Å². The number of hydrogen-bond acceptors (Lipinski definition) is 4. The van der Waals surface area contributed by atoms with Crippen molar-refractivity contribution in [3.8, 4) is 11.4 Å². The van der Waals surface area contributed by atoms with Crippen molar-refractivity contribution in [3.05, 3.63) is 77.9 Å². The summed E-state index contributed by atoms with van der Waals surface area (Å²) in [6, 6.07) is 21.1. The van der Waals surface area contributed by atoms with Gasteiger partial charge in [-0.15, -0.1) is 5.10 Å². The van der Waals surface area contributed by atoms with Gasteiger partial charge in [-0.25, -0.2) is 0 Å². The highest BCUT2D eigenvalue weighted by atomic mass is 16.2. The number of aromatic nitrogens is 3. The molecule has 1 aromatic heterocycles. The minimum absolute atomic E-state index is 0.0798. The van der Waals surface area contributed by atoms with Crippen LogP contribution in [0.4, 0.5) is 5.95 Å². The van der Waals surface area contributed by atoms with E-state index in [0.717, 1.165) is 21.9 Å². The zero-order valence-corrected chi connectivity index (χ0v) is 13.7. The molecule has 0 aliphatic heterocycles. The fourth-order valence-electron chi connectivity index (χ4n) is 2.94. The molecule has 0 bridgehead atoms.